The monoisotopic (exact) mass is 504 g/mol. The molecule has 7 heteroatoms. The Labute approximate surface area is 221 Å². The van der Waals surface area contributed by atoms with Crippen molar-refractivity contribution in [2.24, 2.45) is 0 Å². The van der Waals surface area contributed by atoms with Crippen molar-refractivity contribution >= 4 is 17.1 Å². The molecule has 3 heterocycles. The van der Waals surface area contributed by atoms with E-state index in [1.54, 1.807) is 6.07 Å². The number of piperazine rings is 1. The standard InChI is InChI=1S/C30H41FN6/c1-22-3-9-29(23(2)33-22)34-26-7-4-24(5-8-26)11-14-35-17-19-36(20-18-35)27-12-15-37(16-13-27)30-10-6-25(32)21-28(30)31/h4-8,10,21,27,29,33-34H,1-3,9,11-20,32H2. The zero-order valence-corrected chi connectivity index (χ0v) is 21.9. The predicted octanol–water partition coefficient (Wildman–Crippen LogP) is 4.43. The second kappa shape index (κ2) is 11.6. The van der Waals surface area contributed by atoms with Crippen LogP contribution in [0.3, 0.4) is 0 Å². The van der Waals surface area contributed by atoms with Crippen LogP contribution in [0.25, 0.3) is 0 Å². The Kier molecular flexibility index (Phi) is 8.01. The number of nitrogen functional groups attached to an aromatic ring is 1. The zero-order chi connectivity index (χ0) is 25.8. The van der Waals surface area contributed by atoms with E-state index >= 15 is 0 Å². The number of nitrogens with zero attached hydrogens (tertiary/aromatic N) is 3. The maximum atomic E-state index is 14.3. The lowest BCUT2D eigenvalue weighted by Gasteiger charge is -2.43. The highest BCUT2D eigenvalue weighted by molar-refractivity contribution is 5.54. The van der Waals surface area contributed by atoms with Gasteiger partial charge in [-0.15, -0.1) is 0 Å². The molecule has 1 atom stereocenters. The molecule has 1 unspecified atom stereocenters. The number of halogens is 1. The highest BCUT2D eigenvalue weighted by Crippen LogP contribution is 2.27. The Morgan fingerprint density at radius 3 is 2.35 bits per heavy atom. The van der Waals surface area contributed by atoms with Gasteiger partial charge in [0, 0.05) is 74.6 Å². The van der Waals surface area contributed by atoms with Crippen molar-refractivity contribution in [2.75, 3.05) is 61.8 Å². The van der Waals surface area contributed by atoms with Crippen LogP contribution in [0.1, 0.15) is 31.2 Å². The van der Waals surface area contributed by atoms with Gasteiger partial charge in [-0.2, -0.15) is 0 Å². The Balaban J connectivity index is 1.02. The molecule has 0 spiro atoms. The molecular weight excluding hydrogens is 463 g/mol. The van der Waals surface area contributed by atoms with Crippen molar-refractivity contribution in [3.05, 3.63) is 78.4 Å². The third kappa shape index (κ3) is 6.46. The van der Waals surface area contributed by atoms with E-state index in [2.05, 4.69) is 62.8 Å². The Morgan fingerprint density at radius 1 is 0.946 bits per heavy atom. The second-order valence-electron chi connectivity index (χ2n) is 10.7. The van der Waals surface area contributed by atoms with E-state index in [1.165, 1.54) is 11.6 Å². The summed E-state index contributed by atoms with van der Waals surface area (Å²) >= 11 is 0. The first-order chi connectivity index (χ1) is 17.9. The van der Waals surface area contributed by atoms with E-state index < -0.39 is 0 Å². The van der Waals surface area contributed by atoms with Gasteiger partial charge in [0.1, 0.15) is 5.82 Å². The first-order valence-electron chi connectivity index (χ1n) is 13.7. The molecule has 0 radical (unpaired) electrons. The summed E-state index contributed by atoms with van der Waals surface area (Å²) in [6.45, 7) is 15.5. The number of rotatable bonds is 7. The van der Waals surface area contributed by atoms with Gasteiger partial charge in [0.15, 0.2) is 0 Å². The first-order valence-corrected chi connectivity index (χ1v) is 13.7. The van der Waals surface area contributed by atoms with E-state index in [9.17, 15) is 4.39 Å². The molecule has 4 N–H and O–H groups in total. The van der Waals surface area contributed by atoms with Gasteiger partial charge in [-0.05, 0) is 68.0 Å². The van der Waals surface area contributed by atoms with Crippen LogP contribution in [0.2, 0.25) is 0 Å². The molecule has 2 aromatic rings. The van der Waals surface area contributed by atoms with Gasteiger partial charge in [-0.3, -0.25) is 4.90 Å². The third-order valence-electron chi connectivity index (χ3n) is 8.20. The largest absolute Gasteiger partial charge is 0.399 e. The molecule has 37 heavy (non-hydrogen) atoms. The molecule has 0 amide bonds. The molecule has 5 rings (SSSR count). The Hall–Kier alpha value is -3.03. The maximum Gasteiger partial charge on any atom is 0.148 e. The van der Waals surface area contributed by atoms with Crippen molar-refractivity contribution in [3.8, 4) is 0 Å². The lowest BCUT2D eigenvalue weighted by Crippen LogP contribution is -2.53. The summed E-state index contributed by atoms with van der Waals surface area (Å²) in [5, 5.41) is 6.86. The Bertz CT molecular complexity index is 1080. The SMILES string of the molecule is C=C1CCC(Nc2ccc(CCN3CCN(C4CCN(c5ccc(N)cc5F)CC4)CC3)cc2)C(=C)N1. The number of hydrogen-bond acceptors (Lipinski definition) is 6. The van der Waals surface area contributed by atoms with Crippen LogP contribution in [-0.2, 0) is 6.42 Å². The average molecular weight is 505 g/mol. The van der Waals surface area contributed by atoms with Gasteiger partial charge in [0.05, 0.1) is 11.7 Å². The predicted molar refractivity (Wildman–Crippen MR) is 152 cm³/mol. The summed E-state index contributed by atoms with van der Waals surface area (Å²) in [6.07, 6.45) is 5.25. The van der Waals surface area contributed by atoms with Gasteiger partial charge < -0.3 is 26.2 Å². The maximum absolute atomic E-state index is 14.3. The van der Waals surface area contributed by atoms with Gasteiger partial charge in [-0.25, -0.2) is 4.39 Å². The van der Waals surface area contributed by atoms with Crippen LogP contribution in [-0.4, -0.2) is 67.7 Å². The molecule has 0 bridgehead atoms. The fourth-order valence-electron chi connectivity index (χ4n) is 5.89. The number of hydrogen-bond donors (Lipinski definition) is 3. The highest BCUT2D eigenvalue weighted by atomic mass is 19.1. The molecule has 6 nitrogen and oxygen atoms in total. The number of benzene rings is 2. The number of piperidine rings is 2. The van der Waals surface area contributed by atoms with Crippen LogP contribution in [0, 0.1) is 5.82 Å². The molecule has 3 saturated heterocycles. The van der Waals surface area contributed by atoms with Gasteiger partial charge in [-0.1, -0.05) is 25.3 Å². The molecule has 3 aliphatic heterocycles. The van der Waals surface area contributed by atoms with Gasteiger partial charge >= 0.3 is 0 Å². The van der Waals surface area contributed by atoms with E-state index in [-0.39, 0.29) is 11.9 Å². The first kappa shape index (κ1) is 25.6. The van der Waals surface area contributed by atoms with Crippen molar-refractivity contribution in [1.82, 2.24) is 15.1 Å². The molecule has 3 aliphatic rings. The van der Waals surface area contributed by atoms with Crippen molar-refractivity contribution < 1.29 is 4.39 Å². The summed E-state index contributed by atoms with van der Waals surface area (Å²) in [5.41, 5.74) is 11.4. The van der Waals surface area contributed by atoms with Crippen LogP contribution >= 0.6 is 0 Å². The van der Waals surface area contributed by atoms with Gasteiger partial charge in [0.2, 0.25) is 0 Å². The van der Waals surface area contributed by atoms with E-state index in [1.807, 2.05) is 6.07 Å². The summed E-state index contributed by atoms with van der Waals surface area (Å²) in [6, 6.07) is 14.7. The topological polar surface area (TPSA) is 59.8 Å². The van der Waals surface area contributed by atoms with E-state index in [0.29, 0.717) is 17.4 Å². The lowest BCUT2D eigenvalue weighted by atomic mass is 10.0. The smallest absolute Gasteiger partial charge is 0.148 e. The molecule has 0 saturated carbocycles. The van der Waals surface area contributed by atoms with Crippen molar-refractivity contribution in [1.29, 1.82) is 0 Å². The van der Waals surface area contributed by atoms with E-state index in [0.717, 1.165) is 95.0 Å². The molecule has 198 valence electrons. The minimum absolute atomic E-state index is 0.211. The quantitative estimate of drug-likeness (QED) is 0.485. The molecule has 0 aliphatic carbocycles. The number of nitrogens with one attached hydrogen (secondary N) is 2. The molecular formula is C30H41FN6. The lowest BCUT2D eigenvalue weighted by molar-refractivity contribution is 0.0855. The van der Waals surface area contributed by atoms with Gasteiger partial charge in [0.25, 0.3) is 0 Å². The third-order valence-corrected chi connectivity index (χ3v) is 8.20. The summed E-state index contributed by atoms with van der Waals surface area (Å²) in [7, 11) is 0. The van der Waals surface area contributed by atoms with Crippen LogP contribution in [0.15, 0.2) is 67.0 Å². The summed E-state index contributed by atoms with van der Waals surface area (Å²) in [5.74, 6) is -0.211. The van der Waals surface area contributed by atoms with Crippen LogP contribution < -0.4 is 21.3 Å². The minimum Gasteiger partial charge on any atom is -0.399 e. The number of anilines is 3. The average Bonchev–Trinajstić information content (AvgIpc) is 2.90. The second-order valence-corrected chi connectivity index (χ2v) is 10.7. The Morgan fingerprint density at radius 2 is 1.68 bits per heavy atom. The van der Waals surface area contributed by atoms with Crippen molar-refractivity contribution in [3.63, 3.8) is 0 Å². The minimum atomic E-state index is -0.211. The summed E-state index contributed by atoms with van der Waals surface area (Å²) in [4.78, 5) is 7.41. The highest BCUT2D eigenvalue weighted by Gasteiger charge is 2.28. The van der Waals surface area contributed by atoms with Crippen molar-refractivity contribution in [2.45, 2.75) is 44.2 Å². The van der Waals surface area contributed by atoms with Crippen LogP contribution in [0.5, 0.6) is 0 Å². The molecule has 3 fully saturated rings. The van der Waals surface area contributed by atoms with Crippen LogP contribution in [0.4, 0.5) is 21.5 Å². The zero-order valence-electron chi connectivity index (χ0n) is 21.9. The molecule has 2 aromatic carbocycles. The summed E-state index contributed by atoms with van der Waals surface area (Å²) < 4.78 is 14.3. The fourth-order valence-corrected chi connectivity index (χ4v) is 5.89. The molecule has 0 aromatic heterocycles. The van der Waals surface area contributed by atoms with E-state index in [4.69, 9.17) is 5.73 Å². The normalized spacial score (nSPS) is 22.2. The fraction of sp³-hybridized carbons (Fsp3) is 0.467. The number of allylic oxidation sites excluding steroid dienone is 1. The number of nitrogens with two attached hydrogens (primary N) is 1.